The zero-order valence-electron chi connectivity index (χ0n) is 14.0. The molecule has 0 N–H and O–H groups in total. The molecule has 2 aliphatic rings. The van der Waals surface area contributed by atoms with Crippen molar-refractivity contribution in [2.45, 2.75) is 31.1 Å². The molecule has 0 unspecified atom stereocenters. The summed E-state index contributed by atoms with van der Waals surface area (Å²) in [6.07, 6.45) is 2.63. The molecule has 0 aromatic heterocycles. The molecular formula is C17H24N2O4S. The van der Waals surface area contributed by atoms with Gasteiger partial charge >= 0.3 is 0 Å². The van der Waals surface area contributed by atoms with Crippen LogP contribution in [-0.2, 0) is 21.2 Å². The van der Waals surface area contributed by atoms with Crippen molar-refractivity contribution in [1.29, 1.82) is 0 Å². The second-order valence-electron chi connectivity index (χ2n) is 6.19. The zero-order valence-corrected chi connectivity index (χ0v) is 14.8. The molecule has 0 aliphatic carbocycles. The molecule has 6 nitrogen and oxygen atoms in total. The summed E-state index contributed by atoms with van der Waals surface area (Å²) in [7, 11) is -3.60. The minimum atomic E-state index is -3.60. The standard InChI is InChI=1S/C17H24N2O4S/c1-2-14-5-6-15(17(20)18-7-3-4-8-18)13-16(14)24(21,22)19-9-11-23-12-10-19/h5-6,13H,2-4,7-12H2,1H3. The average Bonchev–Trinajstić information content (AvgIpc) is 3.16. The SMILES string of the molecule is CCc1ccc(C(=O)N2CCCC2)cc1S(=O)(=O)N1CCOCC1. The zero-order chi connectivity index (χ0) is 17.2. The summed E-state index contributed by atoms with van der Waals surface area (Å²) in [6.45, 7) is 4.96. The molecule has 7 heteroatoms. The molecule has 0 bridgehead atoms. The summed E-state index contributed by atoms with van der Waals surface area (Å²) < 4.78 is 32.7. The van der Waals surface area contributed by atoms with Gasteiger partial charge in [0.15, 0.2) is 0 Å². The van der Waals surface area contributed by atoms with Crippen LogP contribution in [0.3, 0.4) is 0 Å². The Balaban J connectivity index is 1.95. The predicted molar refractivity (Wildman–Crippen MR) is 90.5 cm³/mol. The Morgan fingerprint density at radius 3 is 2.42 bits per heavy atom. The highest BCUT2D eigenvalue weighted by Gasteiger charge is 2.29. The van der Waals surface area contributed by atoms with Gasteiger partial charge in [-0.2, -0.15) is 4.31 Å². The van der Waals surface area contributed by atoms with Crippen molar-refractivity contribution >= 4 is 15.9 Å². The van der Waals surface area contributed by atoms with Crippen LogP contribution in [0.2, 0.25) is 0 Å². The van der Waals surface area contributed by atoms with Crippen LogP contribution in [0.5, 0.6) is 0 Å². The third kappa shape index (κ3) is 3.34. The van der Waals surface area contributed by atoms with E-state index in [1.165, 1.54) is 4.31 Å². The highest BCUT2D eigenvalue weighted by atomic mass is 32.2. The molecule has 2 aliphatic heterocycles. The Bertz CT molecular complexity index is 705. The van der Waals surface area contributed by atoms with Gasteiger partial charge in [0, 0.05) is 31.7 Å². The smallest absolute Gasteiger partial charge is 0.253 e. The summed E-state index contributed by atoms with van der Waals surface area (Å²) >= 11 is 0. The lowest BCUT2D eigenvalue weighted by atomic mass is 10.1. The van der Waals surface area contributed by atoms with Gasteiger partial charge in [-0.25, -0.2) is 8.42 Å². The van der Waals surface area contributed by atoms with Crippen LogP contribution in [0.4, 0.5) is 0 Å². The quantitative estimate of drug-likeness (QED) is 0.824. The normalized spacial score (nSPS) is 19.6. The fourth-order valence-corrected chi connectivity index (χ4v) is 4.98. The van der Waals surface area contributed by atoms with E-state index >= 15 is 0 Å². The number of morpholine rings is 1. The maximum Gasteiger partial charge on any atom is 0.253 e. The molecule has 3 rings (SSSR count). The summed E-state index contributed by atoms with van der Waals surface area (Å²) in [6, 6.07) is 5.08. The van der Waals surface area contributed by atoms with Gasteiger partial charge in [0.25, 0.3) is 5.91 Å². The Hall–Kier alpha value is -1.44. The van der Waals surface area contributed by atoms with Crippen molar-refractivity contribution in [1.82, 2.24) is 9.21 Å². The summed E-state index contributed by atoms with van der Waals surface area (Å²) in [5.41, 5.74) is 1.21. The first-order chi connectivity index (χ1) is 11.5. The molecule has 0 radical (unpaired) electrons. The lowest BCUT2D eigenvalue weighted by molar-refractivity contribution is 0.0730. The number of nitrogens with zero attached hydrogens (tertiary/aromatic N) is 2. The van der Waals surface area contributed by atoms with Gasteiger partial charge in [-0.1, -0.05) is 13.0 Å². The summed E-state index contributed by atoms with van der Waals surface area (Å²) in [5, 5.41) is 0. The number of aryl methyl sites for hydroxylation is 1. The fourth-order valence-electron chi connectivity index (χ4n) is 3.25. The van der Waals surface area contributed by atoms with Crippen molar-refractivity contribution in [2.75, 3.05) is 39.4 Å². The molecule has 2 fully saturated rings. The number of benzene rings is 1. The summed E-state index contributed by atoms with van der Waals surface area (Å²) in [4.78, 5) is 14.7. The molecule has 1 aromatic rings. The first kappa shape index (κ1) is 17.4. The van der Waals surface area contributed by atoms with Crippen LogP contribution in [0.1, 0.15) is 35.7 Å². The number of carbonyl (C=O) groups is 1. The molecule has 1 amide bonds. The maximum absolute atomic E-state index is 13.0. The van der Waals surface area contributed by atoms with Crippen molar-refractivity contribution in [2.24, 2.45) is 0 Å². The Kier molecular flexibility index (Phi) is 5.22. The van der Waals surface area contributed by atoms with E-state index in [2.05, 4.69) is 0 Å². The number of rotatable bonds is 4. The number of ether oxygens (including phenoxy) is 1. The number of amides is 1. The number of likely N-dealkylation sites (tertiary alicyclic amines) is 1. The van der Waals surface area contributed by atoms with E-state index in [1.54, 1.807) is 23.1 Å². The molecule has 2 saturated heterocycles. The minimum absolute atomic E-state index is 0.0754. The topological polar surface area (TPSA) is 66.9 Å². The maximum atomic E-state index is 13.0. The number of carbonyl (C=O) groups excluding carboxylic acids is 1. The summed E-state index contributed by atoms with van der Waals surface area (Å²) in [5.74, 6) is -0.0754. The van der Waals surface area contributed by atoms with Gasteiger partial charge in [0.2, 0.25) is 10.0 Å². The molecule has 2 heterocycles. The second-order valence-corrected chi connectivity index (χ2v) is 8.10. The van der Waals surface area contributed by atoms with Crippen LogP contribution in [0.15, 0.2) is 23.1 Å². The van der Waals surface area contributed by atoms with Gasteiger partial charge in [0.05, 0.1) is 18.1 Å². The van der Waals surface area contributed by atoms with Crippen molar-refractivity contribution in [3.8, 4) is 0 Å². The lowest BCUT2D eigenvalue weighted by Gasteiger charge is -2.27. The van der Waals surface area contributed by atoms with Crippen LogP contribution in [-0.4, -0.2) is 62.9 Å². The van der Waals surface area contributed by atoms with E-state index in [9.17, 15) is 13.2 Å². The van der Waals surface area contributed by atoms with Crippen LogP contribution in [0, 0.1) is 0 Å². The number of hydrogen-bond donors (Lipinski definition) is 0. The van der Waals surface area contributed by atoms with E-state index in [4.69, 9.17) is 4.74 Å². The molecule has 1 aromatic carbocycles. The Labute approximate surface area is 143 Å². The molecule has 0 saturated carbocycles. The third-order valence-corrected chi connectivity index (χ3v) is 6.66. The van der Waals surface area contributed by atoms with E-state index in [1.807, 2.05) is 6.92 Å². The third-order valence-electron chi connectivity index (χ3n) is 4.68. The highest BCUT2D eigenvalue weighted by molar-refractivity contribution is 7.89. The van der Waals surface area contributed by atoms with Gasteiger partial charge in [-0.05, 0) is 37.0 Å². The van der Waals surface area contributed by atoms with Crippen LogP contribution >= 0.6 is 0 Å². The van der Waals surface area contributed by atoms with Crippen molar-refractivity contribution < 1.29 is 17.9 Å². The minimum Gasteiger partial charge on any atom is -0.379 e. The van der Waals surface area contributed by atoms with Crippen molar-refractivity contribution in [3.05, 3.63) is 29.3 Å². The van der Waals surface area contributed by atoms with Crippen molar-refractivity contribution in [3.63, 3.8) is 0 Å². The van der Waals surface area contributed by atoms with Crippen LogP contribution in [0.25, 0.3) is 0 Å². The first-order valence-corrected chi connectivity index (χ1v) is 9.98. The van der Waals surface area contributed by atoms with E-state index < -0.39 is 10.0 Å². The molecule has 0 spiro atoms. The molecule has 132 valence electrons. The average molecular weight is 352 g/mol. The monoisotopic (exact) mass is 352 g/mol. The number of hydrogen-bond acceptors (Lipinski definition) is 4. The van der Waals surface area contributed by atoms with E-state index in [0.717, 1.165) is 31.5 Å². The van der Waals surface area contributed by atoms with Gasteiger partial charge in [-0.3, -0.25) is 4.79 Å². The van der Waals surface area contributed by atoms with Gasteiger partial charge in [-0.15, -0.1) is 0 Å². The Morgan fingerprint density at radius 2 is 1.79 bits per heavy atom. The van der Waals surface area contributed by atoms with Gasteiger partial charge in [0.1, 0.15) is 0 Å². The highest BCUT2D eigenvalue weighted by Crippen LogP contribution is 2.24. The number of sulfonamides is 1. The largest absolute Gasteiger partial charge is 0.379 e. The predicted octanol–water partition coefficient (Wildman–Crippen LogP) is 1.51. The lowest BCUT2D eigenvalue weighted by Crippen LogP contribution is -2.41. The molecule has 24 heavy (non-hydrogen) atoms. The fraction of sp³-hybridized carbons (Fsp3) is 0.588. The molecule has 0 atom stereocenters. The van der Waals surface area contributed by atoms with E-state index in [0.29, 0.717) is 38.3 Å². The first-order valence-electron chi connectivity index (χ1n) is 8.54. The van der Waals surface area contributed by atoms with Gasteiger partial charge < -0.3 is 9.64 Å². The second kappa shape index (κ2) is 7.21. The van der Waals surface area contributed by atoms with E-state index in [-0.39, 0.29) is 10.8 Å². The Morgan fingerprint density at radius 1 is 1.12 bits per heavy atom. The molecular weight excluding hydrogens is 328 g/mol. The van der Waals surface area contributed by atoms with Crippen LogP contribution < -0.4 is 0 Å².